The van der Waals surface area contributed by atoms with Crippen LogP contribution in [0.5, 0.6) is 0 Å². The maximum absolute atomic E-state index is 5.80. The summed E-state index contributed by atoms with van der Waals surface area (Å²) in [7, 11) is 0. The van der Waals surface area contributed by atoms with E-state index in [0.29, 0.717) is 6.10 Å². The molecule has 1 aromatic rings. The second-order valence-electron chi connectivity index (χ2n) is 5.38. The number of hydrogen-bond acceptors (Lipinski definition) is 2. The summed E-state index contributed by atoms with van der Waals surface area (Å²) in [6.07, 6.45) is 5.39. The van der Waals surface area contributed by atoms with Crippen molar-refractivity contribution in [3.05, 3.63) is 35.4 Å². The Kier molecular flexibility index (Phi) is 5.21. The summed E-state index contributed by atoms with van der Waals surface area (Å²) in [4.78, 5) is 0. The summed E-state index contributed by atoms with van der Waals surface area (Å²) in [6.45, 7) is 6.08. The van der Waals surface area contributed by atoms with Gasteiger partial charge in [-0.2, -0.15) is 0 Å². The third kappa shape index (κ3) is 4.79. The number of nitrogens with one attached hydrogen (secondary N) is 1. The summed E-state index contributed by atoms with van der Waals surface area (Å²) >= 11 is 0. The van der Waals surface area contributed by atoms with Gasteiger partial charge in [0.15, 0.2) is 0 Å². The molecule has 1 atom stereocenters. The number of benzene rings is 1. The summed E-state index contributed by atoms with van der Waals surface area (Å²) in [5, 5.41) is 3.53. The molecule has 1 aliphatic carbocycles. The Labute approximate surface area is 111 Å². The molecule has 1 N–H and O–H groups in total. The van der Waals surface area contributed by atoms with Gasteiger partial charge < -0.3 is 10.1 Å². The van der Waals surface area contributed by atoms with Gasteiger partial charge in [-0.1, -0.05) is 37.6 Å². The molecule has 0 spiro atoms. The molecule has 0 aliphatic heterocycles. The second-order valence-corrected chi connectivity index (χ2v) is 5.38. The quantitative estimate of drug-likeness (QED) is 0.757. The Bertz CT molecular complexity index is 343. The van der Waals surface area contributed by atoms with Gasteiger partial charge in [-0.25, -0.2) is 0 Å². The molecule has 1 aliphatic rings. The van der Waals surface area contributed by atoms with Crippen LogP contribution in [0.4, 0.5) is 0 Å². The van der Waals surface area contributed by atoms with Crippen molar-refractivity contribution < 1.29 is 4.74 Å². The fraction of sp³-hybridized carbons (Fsp3) is 0.625. The predicted octanol–water partition coefficient (Wildman–Crippen LogP) is 3.64. The first-order valence-electron chi connectivity index (χ1n) is 7.20. The molecule has 0 saturated heterocycles. The molecule has 1 aromatic carbocycles. The van der Waals surface area contributed by atoms with E-state index in [0.717, 1.165) is 25.6 Å². The number of rotatable bonds is 8. The normalized spacial score (nSPS) is 16.8. The average Bonchev–Trinajstić information content (AvgIpc) is 3.19. The zero-order valence-corrected chi connectivity index (χ0v) is 11.6. The summed E-state index contributed by atoms with van der Waals surface area (Å²) < 4.78 is 5.80. The van der Waals surface area contributed by atoms with Gasteiger partial charge >= 0.3 is 0 Å². The van der Waals surface area contributed by atoms with E-state index in [-0.39, 0.29) is 0 Å². The lowest BCUT2D eigenvalue weighted by molar-refractivity contribution is 0.0472. The highest BCUT2D eigenvalue weighted by atomic mass is 16.5. The monoisotopic (exact) mass is 247 g/mol. The molecule has 2 rings (SSSR count). The molecule has 100 valence electrons. The van der Waals surface area contributed by atoms with E-state index < -0.39 is 0 Å². The highest BCUT2D eigenvalue weighted by Crippen LogP contribution is 2.19. The lowest BCUT2D eigenvalue weighted by atomic mass is 10.1. The third-order valence-electron chi connectivity index (χ3n) is 3.42. The fourth-order valence-electron chi connectivity index (χ4n) is 2.03. The van der Waals surface area contributed by atoms with E-state index in [2.05, 4.69) is 43.4 Å². The van der Waals surface area contributed by atoms with E-state index in [1.807, 2.05) is 0 Å². The molecular weight excluding hydrogens is 222 g/mol. The van der Waals surface area contributed by atoms with Gasteiger partial charge in [-0.3, -0.25) is 0 Å². The van der Waals surface area contributed by atoms with Crippen molar-refractivity contribution in [1.29, 1.82) is 0 Å². The van der Waals surface area contributed by atoms with Crippen LogP contribution in [-0.4, -0.2) is 12.1 Å². The molecule has 1 saturated carbocycles. The van der Waals surface area contributed by atoms with Crippen LogP contribution in [-0.2, 0) is 17.9 Å². The lowest BCUT2D eigenvalue weighted by Crippen LogP contribution is -2.15. The average molecular weight is 247 g/mol. The molecule has 0 amide bonds. The summed E-state index contributed by atoms with van der Waals surface area (Å²) in [5.41, 5.74) is 2.64. The first kappa shape index (κ1) is 13.6. The van der Waals surface area contributed by atoms with E-state index >= 15 is 0 Å². The third-order valence-corrected chi connectivity index (χ3v) is 3.42. The second kappa shape index (κ2) is 6.91. The number of ether oxygens (including phenoxy) is 1. The zero-order valence-electron chi connectivity index (χ0n) is 11.6. The molecular formula is C16H25NO. The molecule has 1 unspecified atom stereocenters. The van der Waals surface area contributed by atoms with Crippen molar-refractivity contribution in [1.82, 2.24) is 5.32 Å². The van der Waals surface area contributed by atoms with Crippen LogP contribution in [0.2, 0.25) is 0 Å². The zero-order chi connectivity index (χ0) is 12.8. The van der Waals surface area contributed by atoms with E-state index in [1.165, 1.54) is 30.4 Å². The van der Waals surface area contributed by atoms with Crippen molar-refractivity contribution in [2.24, 2.45) is 0 Å². The Morgan fingerprint density at radius 2 is 1.89 bits per heavy atom. The maximum Gasteiger partial charge on any atom is 0.0720 e. The van der Waals surface area contributed by atoms with Crippen LogP contribution < -0.4 is 5.32 Å². The fourth-order valence-corrected chi connectivity index (χ4v) is 2.03. The molecule has 2 nitrogen and oxygen atoms in total. The Morgan fingerprint density at radius 1 is 1.22 bits per heavy atom. The van der Waals surface area contributed by atoms with Crippen LogP contribution >= 0.6 is 0 Å². The van der Waals surface area contributed by atoms with E-state index in [1.54, 1.807) is 0 Å². The standard InChI is InChI=1S/C16H25NO/c1-3-4-13(2)18-12-15-7-5-14(6-8-15)11-17-16-9-10-16/h5-8,13,16-17H,3-4,9-12H2,1-2H3. The minimum Gasteiger partial charge on any atom is -0.374 e. The minimum atomic E-state index is 0.367. The molecule has 0 aromatic heterocycles. The molecule has 1 fully saturated rings. The SMILES string of the molecule is CCCC(C)OCc1ccc(CNC2CC2)cc1. The van der Waals surface area contributed by atoms with Gasteiger partial charge in [0.1, 0.15) is 0 Å². The highest BCUT2D eigenvalue weighted by molar-refractivity contribution is 5.22. The van der Waals surface area contributed by atoms with Crippen molar-refractivity contribution in [2.45, 2.75) is 64.8 Å². The van der Waals surface area contributed by atoms with Crippen LogP contribution in [0.3, 0.4) is 0 Å². The largest absolute Gasteiger partial charge is 0.374 e. The highest BCUT2D eigenvalue weighted by Gasteiger charge is 2.19. The summed E-state index contributed by atoms with van der Waals surface area (Å²) in [6, 6.07) is 9.56. The van der Waals surface area contributed by atoms with Crippen molar-refractivity contribution >= 4 is 0 Å². The Morgan fingerprint density at radius 3 is 2.50 bits per heavy atom. The molecule has 0 radical (unpaired) electrons. The number of hydrogen-bond donors (Lipinski definition) is 1. The molecule has 18 heavy (non-hydrogen) atoms. The van der Waals surface area contributed by atoms with Gasteiger partial charge in [-0.05, 0) is 37.3 Å². The Hall–Kier alpha value is -0.860. The van der Waals surface area contributed by atoms with Gasteiger partial charge in [0.25, 0.3) is 0 Å². The smallest absolute Gasteiger partial charge is 0.0720 e. The van der Waals surface area contributed by atoms with Crippen LogP contribution in [0.25, 0.3) is 0 Å². The topological polar surface area (TPSA) is 21.3 Å². The van der Waals surface area contributed by atoms with Crippen molar-refractivity contribution in [3.8, 4) is 0 Å². The first-order valence-corrected chi connectivity index (χ1v) is 7.20. The molecule has 2 heteroatoms. The van der Waals surface area contributed by atoms with Crippen LogP contribution in [0.1, 0.15) is 50.7 Å². The van der Waals surface area contributed by atoms with Gasteiger partial charge in [0, 0.05) is 12.6 Å². The Balaban J connectivity index is 1.72. The van der Waals surface area contributed by atoms with E-state index in [4.69, 9.17) is 4.74 Å². The minimum absolute atomic E-state index is 0.367. The maximum atomic E-state index is 5.80. The van der Waals surface area contributed by atoms with E-state index in [9.17, 15) is 0 Å². The van der Waals surface area contributed by atoms with Gasteiger partial charge in [0.05, 0.1) is 12.7 Å². The first-order chi connectivity index (χ1) is 8.78. The van der Waals surface area contributed by atoms with Crippen LogP contribution in [0, 0.1) is 0 Å². The predicted molar refractivity (Wildman–Crippen MR) is 75.5 cm³/mol. The lowest BCUT2D eigenvalue weighted by Gasteiger charge is -2.12. The van der Waals surface area contributed by atoms with Crippen molar-refractivity contribution in [2.75, 3.05) is 0 Å². The molecule has 0 bridgehead atoms. The van der Waals surface area contributed by atoms with Crippen molar-refractivity contribution in [3.63, 3.8) is 0 Å². The van der Waals surface area contributed by atoms with Gasteiger partial charge in [-0.15, -0.1) is 0 Å². The molecule has 0 heterocycles. The van der Waals surface area contributed by atoms with Gasteiger partial charge in [0.2, 0.25) is 0 Å². The summed E-state index contributed by atoms with van der Waals surface area (Å²) in [5.74, 6) is 0. The van der Waals surface area contributed by atoms with Crippen LogP contribution in [0.15, 0.2) is 24.3 Å².